The zero-order valence-electron chi connectivity index (χ0n) is 14.5. The van der Waals surface area contributed by atoms with Crippen LogP contribution in [-0.4, -0.2) is 23.0 Å². The number of rotatable bonds is 5. The van der Waals surface area contributed by atoms with E-state index in [2.05, 4.69) is 47.5 Å². The van der Waals surface area contributed by atoms with E-state index in [4.69, 9.17) is 4.84 Å². The molecular weight excluding hydrogens is 314 g/mol. The van der Waals surface area contributed by atoms with Crippen LogP contribution in [0.3, 0.4) is 0 Å². The second-order valence-corrected chi connectivity index (χ2v) is 5.99. The van der Waals surface area contributed by atoms with E-state index in [0.29, 0.717) is 5.56 Å². The van der Waals surface area contributed by atoms with E-state index < -0.39 is 0 Å². The quantitative estimate of drug-likeness (QED) is 0.701. The number of benzene rings is 2. The lowest BCUT2D eigenvalue weighted by Crippen LogP contribution is -2.22. The highest BCUT2D eigenvalue weighted by atomic mass is 16.6. The summed E-state index contributed by atoms with van der Waals surface area (Å²) >= 11 is 0. The van der Waals surface area contributed by atoms with Crippen LogP contribution in [0.15, 0.2) is 55.0 Å². The van der Waals surface area contributed by atoms with Gasteiger partial charge in [0.25, 0.3) is 5.91 Å². The zero-order chi connectivity index (χ0) is 17.8. The number of hydrogen-bond donors (Lipinski definition) is 2. The van der Waals surface area contributed by atoms with E-state index in [1.54, 1.807) is 12.4 Å². The molecule has 0 fully saturated rings. The van der Waals surface area contributed by atoms with Crippen LogP contribution >= 0.6 is 0 Å². The highest BCUT2D eigenvalue weighted by Gasteiger charge is 2.21. The molecule has 3 aromatic rings. The van der Waals surface area contributed by atoms with Crippen molar-refractivity contribution in [2.75, 3.05) is 7.11 Å². The number of carbonyl (C=O) groups is 1. The van der Waals surface area contributed by atoms with E-state index in [9.17, 15) is 4.79 Å². The average molecular weight is 335 g/mol. The summed E-state index contributed by atoms with van der Waals surface area (Å²) in [4.78, 5) is 24.2. The molecule has 3 rings (SSSR count). The first-order valence-corrected chi connectivity index (χ1v) is 8.09. The molecule has 0 bridgehead atoms. The SMILES string of the molecule is CONC(=O)c1cccc([C@H](c2cnc[nH]2)c2cccc(C)c2C)c1. The Balaban J connectivity index is 2.12. The summed E-state index contributed by atoms with van der Waals surface area (Å²) in [6, 6.07) is 13.8. The van der Waals surface area contributed by atoms with Crippen LogP contribution in [-0.2, 0) is 4.84 Å². The van der Waals surface area contributed by atoms with Gasteiger partial charge >= 0.3 is 0 Å². The maximum atomic E-state index is 12.1. The Labute approximate surface area is 147 Å². The second kappa shape index (κ2) is 7.32. The molecule has 2 N–H and O–H groups in total. The second-order valence-electron chi connectivity index (χ2n) is 5.99. The molecule has 0 spiro atoms. The van der Waals surface area contributed by atoms with Gasteiger partial charge in [-0.15, -0.1) is 0 Å². The number of hydroxylamine groups is 1. The molecule has 0 saturated heterocycles. The molecule has 0 radical (unpaired) electrons. The number of nitrogens with one attached hydrogen (secondary N) is 2. The Bertz CT molecular complexity index is 872. The standard InChI is InChI=1S/C20H21N3O2/c1-13-6-4-9-17(14(13)2)19(18-11-21-12-22-18)15-7-5-8-16(10-15)20(24)23-25-3/h4-12,19H,1-3H3,(H,21,22)(H,23,24)/t19-/m0/s1. The minimum Gasteiger partial charge on any atom is -0.348 e. The maximum absolute atomic E-state index is 12.1. The third kappa shape index (κ3) is 3.46. The lowest BCUT2D eigenvalue weighted by atomic mass is 9.84. The van der Waals surface area contributed by atoms with Crippen molar-refractivity contribution in [3.63, 3.8) is 0 Å². The molecule has 0 unspecified atom stereocenters. The van der Waals surface area contributed by atoms with E-state index in [0.717, 1.165) is 11.3 Å². The third-order valence-corrected chi connectivity index (χ3v) is 4.46. The van der Waals surface area contributed by atoms with Crippen molar-refractivity contribution in [1.29, 1.82) is 0 Å². The number of aryl methyl sites for hydroxylation is 1. The van der Waals surface area contributed by atoms with Crippen LogP contribution in [0.25, 0.3) is 0 Å². The molecular formula is C20H21N3O2. The summed E-state index contributed by atoms with van der Waals surface area (Å²) in [5.74, 6) is -0.300. The maximum Gasteiger partial charge on any atom is 0.274 e. The average Bonchev–Trinajstić information content (AvgIpc) is 3.14. The van der Waals surface area contributed by atoms with Gasteiger partial charge in [-0.2, -0.15) is 0 Å². The number of nitrogens with zero attached hydrogens (tertiary/aromatic N) is 1. The van der Waals surface area contributed by atoms with E-state index in [-0.39, 0.29) is 11.8 Å². The van der Waals surface area contributed by atoms with Gasteiger partial charge in [-0.1, -0.05) is 30.3 Å². The van der Waals surface area contributed by atoms with Gasteiger partial charge < -0.3 is 4.98 Å². The van der Waals surface area contributed by atoms with E-state index >= 15 is 0 Å². The summed E-state index contributed by atoms with van der Waals surface area (Å²) in [5.41, 5.74) is 8.56. The van der Waals surface area contributed by atoms with Gasteiger partial charge in [0.2, 0.25) is 0 Å². The summed E-state index contributed by atoms with van der Waals surface area (Å²) in [7, 11) is 1.42. The summed E-state index contributed by atoms with van der Waals surface area (Å²) < 4.78 is 0. The first-order chi connectivity index (χ1) is 12.1. The number of hydrogen-bond acceptors (Lipinski definition) is 3. The summed E-state index contributed by atoms with van der Waals surface area (Å²) in [6.07, 6.45) is 3.50. The number of aromatic amines is 1. The molecule has 5 heteroatoms. The fraction of sp³-hybridized carbons (Fsp3) is 0.200. The first-order valence-electron chi connectivity index (χ1n) is 8.09. The van der Waals surface area contributed by atoms with Crippen molar-refractivity contribution in [1.82, 2.24) is 15.4 Å². The molecule has 1 amide bonds. The summed E-state index contributed by atoms with van der Waals surface area (Å²) in [5, 5.41) is 0. The Morgan fingerprint density at radius 3 is 2.72 bits per heavy atom. The Kier molecular flexibility index (Phi) is 4.95. The van der Waals surface area contributed by atoms with Crippen molar-refractivity contribution >= 4 is 5.91 Å². The van der Waals surface area contributed by atoms with Crippen LogP contribution in [0, 0.1) is 13.8 Å². The van der Waals surface area contributed by atoms with Crippen LogP contribution < -0.4 is 5.48 Å². The fourth-order valence-corrected chi connectivity index (χ4v) is 3.05. The first kappa shape index (κ1) is 16.9. The van der Waals surface area contributed by atoms with Gasteiger partial charge in [0.15, 0.2) is 0 Å². The molecule has 1 aromatic heterocycles. The molecule has 2 aromatic carbocycles. The van der Waals surface area contributed by atoms with Gasteiger partial charge in [-0.3, -0.25) is 9.63 Å². The predicted molar refractivity (Wildman–Crippen MR) is 96.4 cm³/mol. The van der Waals surface area contributed by atoms with Crippen LogP contribution in [0.4, 0.5) is 0 Å². The smallest absolute Gasteiger partial charge is 0.274 e. The molecule has 0 aliphatic rings. The molecule has 0 saturated carbocycles. The third-order valence-electron chi connectivity index (χ3n) is 4.46. The molecule has 1 atom stereocenters. The highest BCUT2D eigenvalue weighted by Crippen LogP contribution is 2.33. The van der Waals surface area contributed by atoms with Crippen molar-refractivity contribution in [2.45, 2.75) is 19.8 Å². The molecule has 128 valence electrons. The topological polar surface area (TPSA) is 67.0 Å². The fourth-order valence-electron chi connectivity index (χ4n) is 3.05. The number of amides is 1. The Hall–Kier alpha value is -2.92. The Morgan fingerprint density at radius 2 is 2.00 bits per heavy atom. The predicted octanol–water partition coefficient (Wildman–Crippen LogP) is 3.50. The van der Waals surface area contributed by atoms with Crippen molar-refractivity contribution in [3.05, 3.63) is 88.5 Å². The molecule has 0 aliphatic heterocycles. The molecule has 25 heavy (non-hydrogen) atoms. The van der Waals surface area contributed by atoms with E-state index in [1.807, 2.05) is 24.4 Å². The minimum absolute atomic E-state index is 0.0299. The minimum atomic E-state index is -0.270. The van der Waals surface area contributed by atoms with Crippen LogP contribution in [0.5, 0.6) is 0 Å². The molecule has 5 nitrogen and oxygen atoms in total. The normalized spacial score (nSPS) is 12.0. The van der Waals surface area contributed by atoms with Gasteiger partial charge in [-0.05, 0) is 48.2 Å². The number of carbonyl (C=O) groups excluding carboxylic acids is 1. The number of aromatic nitrogens is 2. The molecule has 0 aliphatic carbocycles. The monoisotopic (exact) mass is 335 g/mol. The van der Waals surface area contributed by atoms with E-state index in [1.165, 1.54) is 23.8 Å². The summed E-state index contributed by atoms with van der Waals surface area (Å²) in [6.45, 7) is 4.22. The lowest BCUT2D eigenvalue weighted by Gasteiger charge is -2.20. The van der Waals surface area contributed by atoms with Crippen molar-refractivity contribution in [3.8, 4) is 0 Å². The largest absolute Gasteiger partial charge is 0.348 e. The van der Waals surface area contributed by atoms with Crippen LogP contribution in [0.2, 0.25) is 0 Å². The van der Waals surface area contributed by atoms with Crippen molar-refractivity contribution in [2.24, 2.45) is 0 Å². The van der Waals surface area contributed by atoms with Crippen LogP contribution in [0.1, 0.15) is 44.2 Å². The lowest BCUT2D eigenvalue weighted by molar-refractivity contribution is 0.0537. The Morgan fingerprint density at radius 1 is 1.20 bits per heavy atom. The number of H-pyrrole nitrogens is 1. The van der Waals surface area contributed by atoms with Gasteiger partial charge in [-0.25, -0.2) is 10.5 Å². The highest BCUT2D eigenvalue weighted by molar-refractivity contribution is 5.93. The van der Waals surface area contributed by atoms with Gasteiger partial charge in [0.05, 0.1) is 19.4 Å². The zero-order valence-corrected chi connectivity index (χ0v) is 14.5. The van der Waals surface area contributed by atoms with Crippen molar-refractivity contribution < 1.29 is 9.63 Å². The van der Waals surface area contributed by atoms with Gasteiger partial charge in [0, 0.05) is 17.5 Å². The van der Waals surface area contributed by atoms with Gasteiger partial charge in [0.1, 0.15) is 0 Å². The number of imidazole rings is 1. The molecule has 1 heterocycles.